The van der Waals surface area contributed by atoms with Crippen LogP contribution < -0.4 is 4.74 Å². The maximum atomic E-state index is 13.7. The molecule has 3 nitrogen and oxygen atoms in total. The van der Waals surface area contributed by atoms with E-state index in [1.165, 1.54) is 37.7 Å². The third-order valence-corrected chi connectivity index (χ3v) is 8.29. The van der Waals surface area contributed by atoms with E-state index in [0.29, 0.717) is 5.91 Å². The molecule has 27 heavy (non-hydrogen) atoms. The number of amides is 1. The fourth-order valence-electron chi connectivity index (χ4n) is 7.34. The molecule has 1 saturated heterocycles. The Morgan fingerprint density at radius 3 is 2.26 bits per heavy atom. The van der Waals surface area contributed by atoms with Gasteiger partial charge < -0.3 is 9.64 Å². The van der Waals surface area contributed by atoms with Gasteiger partial charge in [-0.05, 0) is 92.2 Å². The lowest BCUT2D eigenvalue weighted by Gasteiger charge is -2.62. The molecule has 0 N–H and O–H groups in total. The van der Waals surface area contributed by atoms with E-state index in [-0.39, 0.29) is 10.8 Å². The maximum Gasteiger partial charge on any atom is 0.228 e. The second-order valence-corrected chi connectivity index (χ2v) is 10.2. The third-order valence-electron chi connectivity index (χ3n) is 8.29. The molecule has 0 radical (unpaired) electrons. The number of carbonyl (C=O) groups excluding carboxylic acids is 1. The molecular weight excluding hydrogens is 334 g/mol. The lowest BCUT2D eigenvalue weighted by atomic mass is 9.42. The highest BCUT2D eigenvalue weighted by Gasteiger charge is 2.61. The van der Waals surface area contributed by atoms with Gasteiger partial charge in [0.05, 0.1) is 12.5 Å². The van der Waals surface area contributed by atoms with Crippen LogP contribution in [0.25, 0.3) is 0 Å². The average molecular weight is 368 g/mol. The molecule has 5 fully saturated rings. The molecule has 5 aliphatic rings. The topological polar surface area (TPSA) is 29.5 Å². The molecule has 146 valence electrons. The summed E-state index contributed by atoms with van der Waals surface area (Å²) in [5.41, 5.74) is 1.58. The second kappa shape index (κ2) is 6.25. The quantitative estimate of drug-likeness (QED) is 0.768. The minimum Gasteiger partial charge on any atom is -0.497 e. The van der Waals surface area contributed by atoms with Gasteiger partial charge in [0, 0.05) is 13.1 Å². The molecule has 4 bridgehead atoms. The van der Waals surface area contributed by atoms with E-state index in [2.05, 4.69) is 36.1 Å². The second-order valence-electron chi connectivity index (χ2n) is 10.2. The fourth-order valence-corrected chi connectivity index (χ4v) is 7.34. The number of likely N-dealkylation sites (tertiary alicyclic amines) is 1. The van der Waals surface area contributed by atoms with E-state index in [1.54, 1.807) is 7.11 Å². The normalized spacial score (nSPS) is 38.2. The zero-order valence-electron chi connectivity index (χ0n) is 16.9. The van der Waals surface area contributed by atoms with Crippen LogP contribution in [0.1, 0.15) is 63.9 Å². The van der Waals surface area contributed by atoms with Gasteiger partial charge in [0.15, 0.2) is 0 Å². The molecule has 0 spiro atoms. The van der Waals surface area contributed by atoms with Crippen molar-refractivity contribution in [1.29, 1.82) is 0 Å². The first kappa shape index (κ1) is 17.6. The summed E-state index contributed by atoms with van der Waals surface area (Å²) in [7, 11) is 1.73. The molecule has 1 aliphatic heterocycles. The lowest BCUT2D eigenvalue weighted by Crippen LogP contribution is -2.60. The highest BCUT2D eigenvalue weighted by Crippen LogP contribution is 2.66. The Morgan fingerprint density at radius 1 is 1.04 bits per heavy atom. The Hall–Kier alpha value is -1.51. The molecule has 1 heterocycles. The summed E-state index contributed by atoms with van der Waals surface area (Å²) in [5, 5.41) is 0. The van der Waals surface area contributed by atoms with Crippen LogP contribution in [0.2, 0.25) is 0 Å². The van der Waals surface area contributed by atoms with Gasteiger partial charge in [0.25, 0.3) is 0 Å². The predicted octanol–water partition coefficient (Wildman–Crippen LogP) is 4.79. The predicted molar refractivity (Wildman–Crippen MR) is 107 cm³/mol. The molecule has 2 unspecified atom stereocenters. The van der Waals surface area contributed by atoms with Crippen molar-refractivity contribution in [3.8, 4) is 5.75 Å². The van der Waals surface area contributed by atoms with Crippen molar-refractivity contribution in [2.75, 3.05) is 20.2 Å². The lowest BCUT2D eigenvalue weighted by molar-refractivity contribution is -0.161. The number of carbonyl (C=O) groups is 1. The number of rotatable bonds is 3. The molecule has 1 aromatic carbocycles. The summed E-state index contributed by atoms with van der Waals surface area (Å²) in [6.07, 6.45) is 9.63. The van der Waals surface area contributed by atoms with Gasteiger partial charge >= 0.3 is 0 Å². The summed E-state index contributed by atoms with van der Waals surface area (Å²) in [6.45, 7) is 4.28. The summed E-state index contributed by atoms with van der Waals surface area (Å²) >= 11 is 0. The van der Waals surface area contributed by atoms with Crippen molar-refractivity contribution in [1.82, 2.24) is 4.90 Å². The van der Waals surface area contributed by atoms with Gasteiger partial charge in [-0.3, -0.25) is 4.79 Å². The highest BCUT2D eigenvalue weighted by atomic mass is 16.5. The van der Waals surface area contributed by atoms with Crippen molar-refractivity contribution in [3.63, 3.8) is 0 Å². The van der Waals surface area contributed by atoms with E-state index in [4.69, 9.17) is 4.74 Å². The molecule has 1 amide bonds. The summed E-state index contributed by atoms with van der Waals surface area (Å²) in [5.74, 6) is 3.68. The Bertz CT molecular complexity index is 702. The van der Waals surface area contributed by atoms with Gasteiger partial charge in [0.1, 0.15) is 5.75 Å². The molecule has 0 aromatic heterocycles. The first-order valence-corrected chi connectivity index (χ1v) is 11.0. The molecule has 4 aliphatic carbocycles. The van der Waals surface area contributed by atoms with E-state index in [0.717, 1.165) is 55.9 Å². The highest BCUT2D eigenvalue weighted by molar-refractivity contribution is 5.83. The minimum atomic E-state index is -0.0788. The first-order chi connectivity index (χ1) is 13.0. The number of hydrogen-bond acceptors (Lipinski definition) is 2. The van der Waals surface area contributed by atoms with Crippen molar-refractivity contribution >= 4 is 5.91 Å². The SMILES string of the molecule is COc1ccc(C23CC4CC(CC(C(=O)N5CCC(C)CC5)(C4)C2)C3)cc1. The number of hydrogen-bond donors (Lipinski definition) is 0. The molecule has 3 heteroatoms. The summed E-state index contributed by atoms with van der Waals surface area (Å²) in [6, 6.07) is 8.75. The average Bonchev–Trinajstić information content (AvgIpc) is 2.67. The van der Waals surface area contributed by atoms with E-state index in [1.807, 2.05) is 0 Å². The zero-order chi connectivity index (χ0) is 18.6. The third kappa shape index (κ3) is 2.80. The van der Waals surface area contributed by atoms with E-state index in [9.17, 15) is 4.79 Å². The van der Waals surface area contributed by atoms with Crippen LogP contribution in [-0.4, -0.2) is 31.0 Å². The number of ether oxygens (including phenoxy) is 1. The smallest absolute Gasteiger partial charge is 0.228 e. The van der Waals surface area contributed by atoms with Gasteiger partial charge in [-0.25, -0.2) is 0 Å². The summed E-state index contributed by atoms with van der Waals surface area (Å²) in [4.78, 5) is 16.0. The van der Waals surface area contributed by atoms with Crippen LogP contribution in [0.4, 0.5) is 0 Å². The van der Waals surface area contributed by atoms with Crippen LogP contribution >= 0.6 is 0 Å². The molecule has 6 rings (SSSR count). The van der Waals surface area contributed by atoms with E-state index < -0.39 is 0 Å². The van der Waals surface area contributed by atoms with Crippen LogP contribution in [0.15, 0.2) is 24.3 Å². The molecule has 1 aromatic rings. The Kier molecular flexibility index (Phi) is 4.07. The number of piperidine rings is 1. The van der Waals surface area contributed by atoms with Gasteiger partial charge in [-0.2, -0.15) is 0 Å². The Morgan fingerprint density at radius 2 is 1.67 bits per heavy atom. The fraction of sp³-hybridized carbons (Fsp3) is 0.708. The van der Waals surface area contributed by atoms with Crippen molar-refractivity contribution in [2.45, 2.75) is 63.7 Å². The Labute approximate surface area is 163 Å². The van der Waals surface area contributed by atoms with Crippen molar-refractivity contribution in [3.05, 3.63) is 29.8 Å². The minimum absolute atomic E-state index is 0.0788. The number of methoxy groups -OCH3 is 1. The van der Waals surface area contributed by atoms with Gasteiger partial charge in [0.2, 0.25) is 5.91 Å². The van der Waals surface area contributed by atoms with Crippen LogP contribution in [-0.2, 0) is 10.2 Å². The van der Waals surface area contributed by atoms with Crippen molar-refractivity contribution < 1.29 is 9.53 Å². The zero-order valence-corrected chi connectivity index (χ0v) is 16.9. The van der Waals surface area contributed by atoms with Gasteiger partial charge in [-0.1, -0.05) is 19.1 Å². The number of nitrogens with zero attached hydrogens (tertiary/aromatic N) is 1. The maximum absolute atomic E-state index is 13.7. The summed E-state index contributed by atoms with van der Waals surface area (Å²) < 4.78 is 5.37. The monoisotopic (exact) mass is 367 g/mol. The number of benzene rings is 1. The van der Waals surface area contributed by atoms with Crippen LogP contribution in [0.3, 0.4) is 0 Å². The van der Waals surface area contributed by atoms with Crippen molar-refractivity contribution in [2.24, 2.45) is 23.2 Å². The Balaban J connectivity index is 1.45. The van der Waals surface area contributed by atoms with Crippen LogP contribution in [0, 0.1) is 23.2 Å². The molecule has 4 saturated carbocycles. The molecule has 2 atom stereocenters. The molecular formula is C24H33NO2. The van der Waals surface area contributed by atoms with Crippen LogP contribution in [0.5, 0.6) is 5.75 Å². The van der Waals surface area contributed by atoms with Gasteiger partial charge in [-0.15, -0.1) is 0 Å². The first-order valence-electron chi connectivity index (χ1n) is 11.0. The largest absolute Gasteiger partial charge is 0.497 e. The standard InChI is InChI=1S/C24H33NO2/c1-17-7-9-25(10-8-17)22(26)24-14-18-11-19(15-24)13-23(12-18,16-24)20-3-5-21(27-2)6-4-20/h3-6,17-19H,7-16H2,1-2H3. The van der Waals surface area contributed by atoms with E-state index >= 15 is 0 Å².